The standard InChI is InChI=1S/C21H25N3O/c1-23(2)16-19-9-4-3-8-18(19)15-22-21(25)12-14-24-13-11-17-7-5-6-10-20(17)24/h3-11,13H,12,14-16H2,1-2H3,(H,22,25)/p+1. The quantitative estimate of drug-likeness (QED) is 0.680. The zero-order chi connectivity index (χ0) is 17.6. The second-order valence-corrected chi connectivity index (χ2v) is 6.75. The molecular weight excluding hydrogens is 310 g/mol. The van der Waals surface area contributed by atoms with Crippen LogP contribution in [0.4, 0.5) is 0 Å². The Morgan fingerprint density at radius 3 is 2.52 bits per heavy atom. The summed E-state index contributed by atoms with van der Waals surface area (Å²) in [5.74, 6) is 0.0878. The predicted octanol–water partition coefficient (Wildman–Crippen LogP) is 1.99. The first kappa shape index (κ1) is 17.2. The molecule has 25 heavy (non-hydrogen) atoms. The highest BCUT2D eigenvalue weighted by atomic mass is 16.1. The Bertz CT molecular complexity index is 851. The highest BCUT2D eigenvalue weighted by Gasteiger charge is 2.08. The van der Waals surface area contributed by atoms with Crippen molar-refractivity contribution in [3.05, 3.63) is 71.9 Å². The van der Waals surface area contributed by atoms with Crippen LogP contribution in [0.2, 0.25) is 0 Å². The zero-order valence-electron chi connectivity index (χ0n) is 15.0. The van der Waals surface area contributed by atoms with E-state index in [0.29, 0.717) is 19.5 Å². The van der Waals surface area contributed by atoms with Gasteiger partial charge in [-0.15, -0.1) is 0 Å². The van der Waals surface area contributed by atoms with Crippen LogP contribution in [0.15, 0.2) is 60.8 Å². The van der Waals surface area contributed by atoms with E-state index in [1.807, 2.05) is 24.4 Å². The second-order valence-electron chi connectivity index (χ2n) is 6.75. The van der Waals surface area contributed by atoms with Gasteiger partial charge in [0.2, 0.25) is 5.91 Å². The van der Waals surface area contributed by atoms with Gasteiger partial charge in [0.15, 0.2) is 0 Å². The van der Waals surface area contributed by atoms with Gasteiger partial charge in [-0.2, -0.15) is 0 Å². The molecule has 4 heteroatoms. The summed E-state index contributed by atoms with van der Waals surface area (Å²) in [6.45, 7) is 2.25. The Labute approximate surface area is 149 Å². The third-order valence-electron chi connectivity index (χ3n) is 4.40. The van der Waals surface area contributed by atoms with Gasteiger partial charge >= 0.3 is 0 Å². The van der Waals surface area contributed by atoms with Crippen molar-refractivity contribution in [3.8, 4) is 0 Å². The third kappa shape index (κ3) is 4.48. The lowest BCUT2D eigenvalue weighted by Gasteiger charge is -2.13. The van der Waals surface area contributed by atoms with Gasteiger partial charge in [-0.1, -0.05) is 42.5 Å². The molecule has 1 amide bonds. The maximum absolute atomic E-state index is 12.3. The largest absolute Gasteiger partial charge is 0.352 e. The van der Waals surface area contributed by atoms with Gasteiger partial charge in [0.05, 0.1) is 14.1 Å². The summed E-state index contributed by atoms with van der Waals surface area (Å²) in [5, 5.41) is 4.27. The summed E-state index contributed by atoms with van der Waals surface area (Å²) >= 11 is 0. The number of hydrogen-bond donors (Lipinski definition) is 2. The third-order valence-corrected chi connectivity index (χ3v) is 4.40. The molecule has 0 unspecified atom stereocenters. The molecule has 1 heterocycles. The fourth-order valence-electron chi connectivity index (χ4n) is 3.12. The minimum atomic E-state index is 0.0878. The van der Waals surface area contributed by atoms with Crippen LogP contribution in [0, 0.1) is 0 Å². The number of hydrogen-bond acceptors (Lipinski definition) is 1. The lowest BCUT2D eigenvalue weighted by atomic mass is 10.1. The molecule has 0 saturated heterocycles. The van der Waals surface area contributed by atoms with Crippen LogP contribution in [0.3, 0.4) is 0 Å². The average Bonchev–Trinajstić information content (AvgIpc) is 3.02. The molecule has 0 radical (unpaired) electrons. The molecule has 2 aromatic carbocycles. The maximum atomic E-state index is 12.3. The van der Waals surface area contributed by atoms with E-state index < -0.39 is 0 Å². The molecule has 0 aliphatic rings. The van der Waals surface area contributed by atoms with E-state index in [1.165, 1.54) is 26.9 Å². The predicted molar refractivity (Wildman–Crippen MR) is 101 cm³/mol. The van der Waals surface area contributed by atoms with Crippen molar-refractivity contribution < 1.29 is 9.69 Å². The molecule has 0 saturated carbocycles. The summed E-state index contributed by atoms with van der Waals surface area (Å²) in [7, 11) is 4.27. The molecule has 0 atom stereocenters. The first-order valence-corrected chi connectivity index (χ1v) is 8.80. The van der Waals surface area contributed by atoms with E-state index in [2.05, 4.69) is 60.4 Å². The number of aromatic nitrogens is 1. The van der Waals surface area contributed by atoms with Crippen LogP contribution in [0.5, 0.6) is 0 Å². The second kappa shape index (κ2) is 7.99. The van der Waals surface area contributed by atoms with E-state index in [0.717, 1.165) is 6.54 Å². The van der Waals surface area contributed by atoms with Crippen molar-refractivity contribution in [1.29, 1.82) is 0 Å². The van der Waals surface area contributed by atoms with Crippen LogP contribution in [0.1, 0.15) is 17.5 Å². The summed E-state index contributed by atoms with van der Waals surface area (Å²) in [6.07, 6.45) is 2.53. The normalized spacial score (nSPS) is 11.2. The molecule has 0 fully saturated rings. The molecule has 2 N–H and O–H groups in total. The number of para-hydroxylation sites is 1. The van der Waals surface area contributed by atoms with Crippen molar-refractivity contribution in [2.24, 2.45) is 0 Å². The summed E-state index contributed by atoms with van der Waals surface area (Å²) < 4.78 is 2.14. The van der Waals surface area contributed by atoms with Gasteiger partial charge in [-0.3, -0.25) is 4.79 Å². The average molecular weight is 336 g/mol. The van der Waals surface area contributed by atoms with E-state index in [4.69, 9.17) is 0 Å². The van der Waals surface area contributed by atoms with E-state index >= 15 is 0 Å². The van der Waals surface area contributed by atoms with Gasteiger partial charge < -0.3 is 14.8 Å². The molecule has 4 nitrogen and oxygen atoms in total. The molecular formula is C21H26N3O+. The summed E-state index contributed by atoms with van der Waals surface area (Å²) in [5.41, 5.74) is 3.66. The highest BCUT2D eigenvalue weighted by Crippen LogP contribution is 2.15. The van der Waals surface area contributed by atoms with Gasteiger partial charge in [-0.05, 0) is 23.1 Å². The lowest BCUT2D eigenvalue weighted by molar-refractivity contribution is -0.872. The Morgan fingerprint density at radius 2 is 1.72 bits per heavy atom. The number of carbonyl (C=O) groups is 1. The minimum Gasteiger partial charge on any atom is -0.352 e. The Balaban J connectivity index is 1.55. The Hall–Kier alpha value is -2.59. The topological polar surface area (TPSA) is 38.5 Å². The number of quaternary nitrogens is 1. The number of nitrogens with zero attached hydrogens (tertiary/aromatic N) is 1. The van der Waals surface area contributed by atoms with Gasteiger partial charge in [0.25, 0.3) is 0 Å². The van der Waals surface area contributed by atoms with Gasteiger partial charge in [0, 0.05) is 36.8 Å². The minimum absolute atomic E-state index is 0.0878. The first-order chi connectivity index (χ1) is 12.1. The van der Waals surface area contributed by atoms with Crippen molar-refractivity contribution in [3.63, 3.8) is 0 Å². The lowest BCUT2D eigenvalue weighted by Crippen LogP contribution is -3.04. The highest BCUT2D eigenvalue weighted by molar-refractivity contribution is 5.80. The summed E-state index contributed by atoms with van der Waals surface area (Å²) in [4.78, 5) is 13.6. The molecule has 130 valence electrons. The number of aryl methyl sites for hydroxylation is 1. The van der Waals surface area contributed by atoms with Gasteiger partial charge in [-0.25, -0.2) is 0 Å². The molecule has 1 aromatic heterocycles. The number of nitrogens with one attached hydrogen (secondary N) is 2. The molecule has 0 bridgehead atoms. The SMILES string of the molecule is C[NH+](C)Cc1ccccc1CNC(=O)CCn1ccc2ccccc21. The summed E-state index contributed by atoms with van der Waals surface area (Å²) in [6, 6.07) is 18.7. The van der Waals surface area contributed by atoms with Crippen LogP contribution >= 0.6 is 0 Å². The van der Waals surface area contributed by atoms with Crippen LogP contribution in [-0.4, -0.2) is 24.6 Å². The smallest absolute Gasteiger partial charge is 0.222 e. The maximum Gasteiger partial charge on any atom is 0.222 e. The molecule has 0 aliphatic carbocycles. The molecule has 3 rings (SSSR count). The van der Waals surface area contributed by atoms with E-state index in [-0.39, 0.29) is 5.91 Å². The number of carbonyl (C=O) groups excluding carboxylic acids is 1. The van der Waals surface area contributed by atoms with Crippen molar-refractivity contribution in [2.45, 2.75) is 26.1 Å². The number of benzene rings is 2. The van der Waals surface area contributed by atoms with Crippen molar-refractivity contribution in [1.82, 2.24) is 9.88 Å². The van der Waals surface area contributed by atoms with Gasteiger partial charge in [0.1, 0.15) is 6.54 Å². The molecule has 3 aromatic rings. The molecule has 0 aliphatic heterocycles. The molecule has 0 spiro atoms. The van der Waals surface area contributed by atoms with E-state index in [9.17, 15) is 4.79 Å². The van der Waals surface area contributed by atoms with Crippen LogP contribution in [0.25, 0.3) is 10.9 Å². The van der Waals surface area contributed by atoms with Crippen LogP contribution < -0.4 is 10.2 Å². The van der Waals surface area contributed by atoms with Crippen molar-refractivity contribution in [2.75, 3.05) is 14.1 Å². The fraction of sp³-hybridized carbons (Fsp3) is 0.286. The monoisotopic (exact) mass is 336 g/mol. The zero-order valence-corrected chi connectivity index (χ0v) is 15.0. The number of amides is 1. The van der Waals surface area contributed by atoms with Crippen LogP contribution in [-0.2, 0) is 24.4 Å². The van der Waals surface area contributed by atoms with Crippen molar-refractivity contribution >= 4 is 16.8 Å². The number of fused-ring (bicyclic) bond motifs is 1. The fourth-order valence-corrected chi connectivity index (χ4v) is 3.12. The first-order valence-electron chi connectivity index (χ1n) is 8.80. The van der Waals surface area contributed by atoms with E-state index in [1.54, 1.807) is 0 Å². The Kier molecular flexibility index (Phi) is 5.51. The number of rotatable bonds is 7. The Morgan fingerprint density at radius 1 is 1.00 bits per heavy atom.